The van der Waals surface area contributed by atoms with E-state index < -0.39 is 0 Å². The minimum Gasteiger partial charge on any atom is -0.380 e. The van der Waals surface area contributed by atoms with Crippen molar-refractivity contribution in [2.45, 2.75) is 26.3 Å². The maximum atomic E-state index is 13.1. The first-order chi connectivity index (χ1) is 8.22. The van der Waals surface area contributed by atoms with Crippen LogP contribution in [-0.2, 0) is 11.3 Å². The molecule has 0 aliphatic rings. The van der Waals surface area contributed by atoms with Crippen LogP contribution in [0, 0.1) is 5.82 Å². The fourth-order valence-corrected chi connectivity index (χ4v) is 1.95. The van der Waals surface area contributed by atoms with Crippen molar-refractivity contribution in [3.8, 4) is 0 Å². The van der Waals surface area contributed by atoms with Gasteiger partial charge in [-0.05, 0) is 30.2 Å². The molecule has 0 aliphatic heterocycles. The SMILES string of the molecule is CCCCOCCNCc1cc(F)cc(Br)c1. The second-order valence-electron chi connectivity index (χ2n) is 3.92. The first-order valence-electron chi connectivity index (χ1n) is 5.96. The van der Waals surface area contributed by atoms with Crippen molar-refractivity contribution in [1.29, 1.82) is 0 Å². The van der Waals surface area contributed by atoms with Crippen LogP contribution in [0.25, 0.3) is 0 Å². The van der Waals surface area contributed by atoms with E-state index in [1.54, 1.807) is 0 Å². The summed E-state index contributed by atoms with van der Waals surface area (Å²) in [5.41, 5.74) is 0.936. The van der Waals surface area contributed by atoms with E-state index >= 15 is 0 Å². The summed E-state index contributed by atoms with van der Waals surface area (Å²) in [5.74, 6) is -0.213. The molecule has 0 saturated carbocycles. The molecule has 0 radical (unpaired) electrons. The lowest BCUT2D eigenvalue weighted by molar-refractivity contribution is 0.133. The summed E-state index contributed by atoms with van der Waals surface area (Å²) in [7, 11) is 0. The third-order valence-electron chi connectivity index (χ3n) is 2.32. The fourth-order valence-electron chi connectivity index (χ4n) is 1.44. The summed E-state index contributed by atoms with van der Waals surface area (Å²) in [5, 5.41) is 3.22. The Balaban J connectivity index is 2.13. The fraction of sp³-hybridized carbons (Fsp3) is 0.538. The van der Waals surface area contributed by atoms with Gasteiger partial charge in [0.25, 0.3) is 0 Å². The molecule has 4 heteroatoms. The molecule has 0 amide bonds. The van der Waals surface area contributed by atoms with E-state index in [0.29, 0.717) is 13.2 Å². The number of nitrogens with one attached hydrogen (secondary N) is 1. The van der Waals surface area contributed by atoms with Crippen molar-refractivity contribution in [2.75, 3.05) is 19.8 Å². The summed E-state index contributed by atoms with van der Waals surface area (Å²) in [4.78, 5) is 0. The molecule has 0 atom stereocenters. The highest BCUT2D eigenvalue weighted by Gasteiger charge is 1.98. The molecule has 1 aromatic carbocycles. The molecule has 0 fully saturated rings. The monoisotopic (exact) mass is 303 g/mol. The van der Waals surface area contributed by atoms with E-state index in [-0.39, 0.29) is 5.82 Å². The van der Waals surface area contributed by atoms with Crippen LogP contribution in [0.5, 0.6) is 0 Å². The number of halogens is 2. The third-order valence-corrected chi connectivity index (χ3v) is 2.77. The lowest BCUT2D eigenvalue weighted by Gasteiger charge is -2.06. The van der Waals surface area contributed by atoms with Crippen LogP contribution in [0.1, 0.15) is 25.3 Å². The number of unbranched alkanes of at least 4 members (excludes halogenated alkanes) is 1. The lowest BCUT2D eigenvalue weighted by atomic mass is 10.2. The normalized spacial score (nSPS) is 10.8. The second-order valence-corrected chi connectivity index (χ2v) is 4.84. The van der Waals surface area contributed by atoms with Crippen LogP contribution in [0.2, 0.25) is 0 Å². The van der Waals surface area contributed by atoms with Crippen LogP contribution in [0.3, 0.4) is 0 Å². The summed E-state index contributed by atoms with van der Waals surface area (Å²) in [6.45, 7) is 5.12. The van der Waals surface area contributed by atoms with E-state index in [2.05, 4.69) is 28.2 Å². The van der Waals surface area contributed by atoms with Gasteiger partial charge in [0.2, 0.25) is 0 Å². The van der Waals surface area contributed by atoms with Crippen LogP contribution in [0.15, 0.2) is 22.7 Å². The molecule has 1 aromatic rings. The molecule has 1 N–H and O–H groups in total. The topological polar surface area (TPSA) is 21.3 Å². The van der Waals surface area contributed by atoms with E-state index in [1.807, 2.05) is 6.07 Å². The largest absolute Gasteiger partial charge is 0.380 e. The Bertz CT molecular complexity index is 313. The van der Waals surface area contributed by atoms with E-state index in [9.17, 15) is 4.39 Å². The average molecular weight is 304 g/mol. The Hall–Kier alpha value is -0.450. The highest BCUT2D eigenvalue weighted by Crippen LogP contribution is 2.14. The molecule has 0 saturated heterocycles. The average Bonchev–Trinajstić information content (AvgIpc) is 2.26. The maximum Gasteiger partial charge on any atom is 0.124 e. The summed E-state index contributed by atoms with van der Waals surface area (Å²) in [6.07, 6.45) is 2.27. The van der Waals surface area contributed by atoms with Gasteiger partial charge in [-0.25, -0.2) is 4.39 Å². The van der Waals surface area contributed by atoms with Gasteiger partial charge in [-0.1, -0.05) is 29.3 Å². The third kappa shape index (κ3) is 6.76. The van der Waals surface area contributed by atoms with Gasteiger partial charge in [-0.15, -0.1) is 0 Å². The molecular formula is C13H19BrFNO. The highest BCUT2D eigenvalue weighted by atomic mass is 79.9. The lowest BCUT2D eigenvalue weighted by Crippen LogP contribution is -2.19. The first kappa shape index (κ1) is 14.6. The number of hydrogen-bond acceptors (Lipinski definition) is 2. The smallest absolute Gasteiger partial charge is 0.124 e. The molecule has 0 aliphatic carbocycles. The zero-order valence-corrected chi connectivity index (χ0v) is 11.7. The molecule has 0 heterocycles. The van der Waals surface area contributed by atoms with Gasteiger partial charge in [-0.3, -0.25) is 0 Å². The van der Waals surface area contributed by atoms with Crippen LogP contribution >= 0.6 is 15.9 Å². The van der Waals surface area contributed by atoms with Crippen LogP contribution in [-0.4, -0.2) is 19.8 Å². The Labute approximate surface area is 111 Å². The van der Waals surface area contributed by atoms with E-state index in [4.69, 9.17) is 4.74 Å². The molecule has 0 unspecified atom stereocenters. The summed E-state index contributed by atoms with van der Waals surface area (Å²) >= 11 is 3.27. The second kappa shape index (κ2) is 8.61. The van der Waals surface area contributed by atoms with Gasteiger partial charge < -0.3 is 10.1 Å². The zero-order valence-electron chi connectivity index (χ0n) is 10.1. The predicted molar refractivity (Wildman–Crippen MR) is 71.5 cm³/mol. The number of ether oxygens (including phenoxy) is 1. The quantitative estimate of drug-likeness (QED) is 0.742. The van der Waals surface area contributed by atoms with E-state index in [0.717, 1.165) is 36.0 Å². The minimum absolute atomic E-state index is 0.213. The Morgan fingerprint density at radius 2 is 2.12 bits per heavy atom. The number of rotatable bonds is 8. The minimum atomic E-state index is -0.213. The van der Waals surface area contributed by atoms with E-state index in [1.165, 1.54) is 12.1 Å². The maximum absolute atomic E-state index is 13.1. The molecule has 1 rings (SSSR count). The molecule has 96 valence electrons. The van der Waals surface area contributed by atoms with Crippen LogP contribution < -0.4 is 5.32 Å². The van der Waals surface area contributed by atoms with Gasteiger partial charge in [0.1, 0.15) is 5.82 Å². The Morgan fingerprint density at radius 1 is 1.29 bits per heavy atom. The van der Waals surface area contributed by atoms with Gasteiger partial charge in [-0.2, -0.15) is 0 Å². The van der Waals surface area contributed by atoms with Gasteiger partial charge in [0, 0.05) is 24.2 Å². The molecule has 2 nitrogen and oxygen atoms in total. The molecule has 17 heavy (non-hydrogen) atoms. The van der Waals surface area contributed by atoms with Crippen molar-refractivity contribution >= 4 is 15.9 Å². The van der Waals surface area contributed by atoms with Crippen molar-refractivity contribution in [3.05, 3.63) is 34.1 Å². The standard InChI is InChI=1S/C13H19BrFNO/c1-2-3-5-17-6-4-16-10-11-7-12(14)9-13(15)8-11/h7-9,16H,2-6,10H2,1H3. The Kier molecular flexibility index (Phi) is 7.40. The number of benzene rings is 1. The Morgan fingerprint density at radius 3 is 2.82 bits per heavy atom. The van der Waals surface area contributed by atoms with Gasteiger partial charge in [0.05, 0.1) is 6.61 Å². The zero-order chi connectivity index (χ0) is 12.5. The number of hydrogen-bond donors (Lipinski definition) is 1. The molecular weight excluding hydrogens is 285 g/mol. The van der Waals surface area contributed by atoms with Crippen molar-refractivity contribution in [1.82, 2.24) is 5.32 Å². The van der Waals surface area contributed by atoms with Crippen molar-refractivity contribution in [2.24, 2.45) is 0 Å². The van der Waals surface area contributed by atoms with Crippen molar-refractivity contribution in [3.63, 3.8) is 0 Å². The predicted octanol–water partition coefficient (Wildman–Crippen LogP) is 3.49. The van der Waals surface area contributed by atoms with Gasteiger partial charge in [0.15, 0.2) is 0 Å². The van der Waals surface area contributed by atoms with Gasteiger partial charge >= 0.3 is 0 Å². The molecule has 0 bridgehead atoms. The summed E-state index contributed by atoms with van der Waals surface area (Å²) in [6, 6.07) is 4.90. The van der Waals surface area contributed by atoms with Crippen molar-refractivity contribution < 1.29 is 9.13 Å². The summed E-state index contributed by atoms with van der Waals surface area (Å²) < 4.78 is 19.2. The van der Waals surface area contributed by atoms with Crippen LogP contribution in [0.4, 0.5) is 4.39 Å². The highest BCUT2D eigenvalue weighted by molar-refractivity contribution is 9.10. The first-order valence-corrected chi connectivity index (χ1v) is 6.75. The molecule has 0 spiro atoms. The molecule has 0 aromatic heterocycles.